The smallest absolute Gasteiger partial charge is 0.240 e. The molecule has 0 radical (unpaired) electrons. The second-order valence-electron chi connectivity index (χ2n) is 5.26. The molecule has 8 nitrogen and oxygen atoms in total. The summed E-state index contributed by atoms with van der Waals surface area (Å²) in [6, 6.07) is 2.08. The molecule has 1 amide bonds. The molecule has 1 N–H and O–H groups in total. The first-order valence-electron chi connectivity index (χ1n) is 7.00. The first-order valence-corrected chi connectivity index (χ1v) is 7.00. The zero-order valence-electron chi connectivity index (χ0n) is 11.9. The van der Waals surface area contributed by atoms with Gasteiger partial charge in [0.05, 0.1) is 18.3 Å². The van der Waals surface area contributed by atoms with Gasteiger partial charge in [0.15, 0.2) is 0 Å². The quantitative estimate of drug-likeness (QED) is 0.898. The maximum Gasteiger partial charge on any atom is 0.240 e. The number of rotatable bonds is 4. The Balaban J connectivity index is 1.45. The van der Waals surface area contributed by atoms with E-state index >= 15 is 0 Å². The summed E-state index contributed by atoms with van der Waals surface area (Å²) in [5.41, 5.74) is 0.749. The van der Waals surface area contributed by atoms with Crippen molar-refractivity contribution < 1.29 is 9.32 Å². The fourth-order valence-electron chi connectivity index (χ4n) is 2.55. The topological polar surface area (TPSA) is 89.1 Å². The van der Waals surface area contributed by atoms with Crippen LogP contribution in [0.3, 0.4) is 0 Å². The van der Waals surface area contributed by atoms with Gasteiger partial charge in [0.1, 0.15) is 12.7 Å². The van der Waals surface area contributed by atoms with Gasteiger partial charge < -0.3 is 4.52 Å². The summed E-state index contributed by atoms with van der Waals surface area (Å²) in [7, 11) is 0. The number of likely N-dealkylation sites (tertiary alicyclic amines) is 1. The summed E-state index contributed by atoms with van der Waals surface area (Å²) in [6.07, 6.45) is 5.24. The third-order valence-corrected chi connectivity index (χ3v) is 3.63. The highest BCUT2D eigenvalue weighted by atomic mass is 16.5. The van der Waals surface area contributed by atoms with Crippen LogP contribution in [-0.4, -0.2) is 50.4 Å². The second kappa shape index (κ2) is 6.04. The van der Waals surface area contributed by atoms with Crippen molar-refractivity contribution in [3.8, 4) is 0 Å². The number of aromatic nitrogens is 4. The Morgan fingerprint density at radius 2 is 2.29 bits per heavy atom. The Labute approximate surface area is 122 Å². The molecule has 0 aliphatic carbocycles. The number of amides is 1. The summed E-state index contributed by atoms with van der Waals surface area (Å²) in [6.45, 7) is 3.92. The molecular weight excluding hydrogens is 272 g/mol. The van der Waals surface area contributed by atoms with Crippen LogP contribution in [0.2, 0.25) is 0 Å². The molecule has 0 saturated carbocycles. The monoisotopic (exact) mass is 290 g/mol. The molecule has 21 heavy (non-hydrogen) atoms. The van der Waals surface area contributed by atoms with Crippen LogP contribution in [0.1, 0.15) is 24.6 Å². The van der Waals surface area contributed by atoms with E-state index in [-0.39, 0.29) is 5.91 Å². The van der Waals surface area contributed by atoms with Crippen molar-refractivity contribution in [2.75, 3.05) is 25.0 Å². The van der Waals surface area contributed by atoms with Gasteiger partial charge in [-0.3, -0.25) is 15.0 Å². The number of piperidine rings is 1. The molecular formula is C13H18N6O2. The lowest BCUT2D eigenvalue weighted by Gasteiger charge is -2.31. The summed E-state index contributed by atoms with van der Waals surface area (Å²) < 4.78 is 6.87. The van der Waals surface area contributed by atoms with Crippen molar-refractivity contribution in [1.82, 2.24) is 24.8 Å². The summed E-state index contributed by atoms with van der Waals surface area (Å²) in [5, 5.41) is 10.6. The third-order valence-electron chi connectivity index (χ3n) is 3.63. The Hall–Kier alpha value is -2.22. The molecule has 0 bridgehead atoms. The molecule has 1 aliphatic heterocycles. The van der Waals surface area contributed by atoms with E-state index in [1.807, 2.05) is 11.6 Å². The molecule has 1 saturated heterocycles. The van der Waals surface area contributed by atoms with Gasteiger partial charge in [0.25, 0.3) is 0 Å². The van der Waals surface area contributed by atoms with E-state index in [1.54, 1.807) is 18.7 Å². The van der Waals surface area contributed by atoms with Crippen molar-refractivity contribution in [1.29, 1.82) is 0 Å². The van der Waals surface area contributed by atoms with E-state index in [9.17, 15) is 4.79 Å². The van der Waals surface area contributed by atoms with Crippen LogP contribution < -0.4 is 5.32 Å². The molecule has 1 aliphatic rings. The van der Waals surface area contributed by atoms with E-state index < -0.39 is 0 Å². The molecule has 1 fully saturated rings. The number of hydrogen-bond donors (Lipinski definition) is 1. The minimum absolute atomic E-state index is 0.0784. The van der Waals surface area contributed by atoms with Crippen LogP contribution in [0.25, 0.3) is 0 Å². The standard InChI is InChI=1S/C13H18N6O2/c1-10-6-13(21-17-10)16-12(20)7-18-4-2-11(3-5-18)19-9-14-8-15-19/h6,8-9,11H,2-5,7H2,1H3,(H,16,20). The Bertz CT molecular complexity index is 586. The number of aryl methyl sites for hydroxylation is 1. The van der Waals surface area contributed by atoms with Crippen molar-refractivity contribution in [3.05, 3.63) is 24.4 Å². The van der Waals surface area contributed by atoms with Gasteiger partial charge in [-0.25, -0.2) is 9.67 Å². The summed E-state index contributed by atoms with van der Waals surface area (Å²) >= 11 is 0. The van der Waals surface area contributed by atoms with Crippen molar-refractivity contribution in [3.63, 3.8) is 0 Å². The van der Waals surface area contributed by atoms with E-state index in [0.29, 0.717) is 18.5 Å². The molecule has 0 atom stereocenters. The minimum Gasteiger partial charge on any atom is -0.338 e. The number of anilines is 1. The number of carbonyl (C=O) groups is 1. The van der Waals surface area contributed by atoms with Gasteiger partial charge >= 0.3 is 0 Å². The molecule has 3 heterocycles. The number of nitrogens with zero attached hydrogens (tertiary/aromatic N) is 5. The first-order chi connectivity index (χ1) is 10.2. The van der Waals surface area contributed by atoms with Gasteiger partial charge in [-0.2, -0.15) is 5.10 Å². The third kappa shape index (κ3) is 3.46. The van der Waals surface area contributed by atoms with E-state index in [4.69, 9.17) is 4.52 Å². The van der Waals surface area contributed by atoms with Crippen LogP contribution in [0, 0.1) is 6.92 Å². The van der Waals surface area contributed by atoms with Gasteiger partial charge in [0, 0.05) is 19.2 Å². The van der Waals surface area contributed by atoms with Gasteiger partial charge in [-0.05, 0) is 19.8 Å². The Morgan fingerprint density at radius 3 is 2.90 bits per heavy atom. The fourth-order valence-corrected chi connectivity index (χ4v) is 2.55. The van der Waals surface area contributed by atoms with Crippen LogP contribution in [0.5, 0.6) is 0 Å². The van der Waals surface area contributed by atoms with E-state index in [0.717, 1.165) is 31.6 Å². The largest absolute Gasteiger partial charge is 0.338 e. The lowest BCUT2D eigenvalue weighted by Crippen LogP contribution is -2.39. The molecule has 112 valence electrons. The predicted molar refractivity (Wildman–Crippen MR) is 74.6 cm³/mol. The average Bonchev–Trinajstić information content (AvgIpc) is 3.11. The lowest BCUT2D eigenvalue weighted by atomic mass is 10.1. The number of carbonyl (C=O) groups excluding carboxylic acids is 1. The minimum atomic E-state index is -0.0784. The average molecular weight is 290 g/mol. The molecule has 3 rings (SSSR count). The zero-order valence-corrected chi connectivity index (χ0v) is 11.9. The van der Waals surface area contributed by atoms with Crippen LogP contribution in [0.4, 0.5) is 5.88 Å². The van der Waals surface area contributed by atoms with Gasteiger partial charge in [-0.15, -0.1) is 0 Å². The molecule has 0 unspecified atom stereocenters. The van der Waals surface area contributed by atoms with Crippen molar-refractivity contribution >= 4 is 11.8 Å². The number of nitrogens with one attached hydrogen (secondary N) is 1. The van der Waals surface area contributed by atoms with Crippen molar-refractivity contribution in [2.45, 2.75) is 25.8 Å². The molecule has 0 aromatic carbocycles. The maximum atomic E-state index is 11.9. The normalized spacial score (nSPS) is 17.0. The highest BCUT2D eigenvalue weighted by Gasteiger charge is 2.22. The predicted octanol–water partition coefficient (Wildman–Crippen LogP) is 0.850. The molecule has 2 aromatic rings. The highest BCUT2D eigenvalue weighted by molar-refractivity contribution is 5.90. The SMILES string of the molecule is Cc1cc(NC(=O)CN2CCC(n3cncn3)CC2)on1. The fraction of sp³-hybridized carbons (Fsp3) is 0.538. The Morgan fingerprint density at radius 1 is 1.48 bits per heavy atom. The highest BCUT2D eigenvalue weighted by Crippen LogP contribution is 2.20. The summed E-state index contributed by atoms with van der Waals surface area (Å²) in [4.78, 5) is 18.0. The van der Waals surface area contributed by atoms with Crippen LogP contribution in [-0.2, 0) is 4.79 Å². The zero-order chi connectivity index (χ0) is 14.7. The molecule has 2 aromatic heterocycles. The Kier molecular flexibility index (Phi) is 3.96. The second-order valence-corrected chi connectivity index (χ2v) is 5.26. The first kappa shape index (κ1) is 13.7. The van der Waals surface area contributed by atoms with E-state index in [1.165, 1.54) is 0 Å². The van der Waals surface area contributed by atoms with E-state index in [2.05, 4.69) is 25.5 Å². The molecule has 8 heteroatoms. The van der Waals surface area contributed by atoms with Crippen LogP contribution >= 0.6 is 0 Å². The maximum absolute atomic E-state index is 11.9. The van der Waals surface area contributed by atoms with Gasteiger partial charge in [0.2, 0.25) is 11.8 Å². The number of hydrogen-bond acceptors (Lipinski definition) is 6. The van der Waals surface area contributed by atoms with Gasteiger partial charge in [-0.1, -0.05) is 5.16 Å². The summed E-state index contributed by atoms with van der Waals surface area (Å²) in [5.74, 6) is 0.320. The lowest BCUT2D eigenvalue weighted by molar-refractivity contribution is -0.117. The molecule has 0 spiro atoms. The van der Waals surface area contributed by atoms with Crippen molar-refractivity contribution in [2.24, 2.45) is 0 Å². The van der Waals surface area contributed by atoms with Crippen LogP contribution in [0.15, 0.2) is 23.2 Å².